The first-order valence-electron chi connectivity index (χ1n) is 6.48. The average Bonchev–Trinajstić information content (AvgIpc) is 2.48. The molecular weight excluding hydrogens is 350 g/mol. The van der Waals surface area contributed by atoms with Crippen molar-refractivity contribution in [1.29, 1.82) is 0 Å². The summed E-state index contributed by atoms with van der Waals surface area (Å²) < 4.78 is 5.80. The first kappa shape index (κ1) is 16.0. The fourth-order valence-corrected chi connectivity index (χ4v) is 2.28. The van der Waals surface area contributed by atoms with Crippen LogP contribution in [-0.2, 0) is 9.53 Å². The normalized spacial score (nSPS) is 10.1. The predicted octanol–water partition coefficient (Wildman–Crippen LogP) is 3.26. The number of para-hydroxylation sites is 1. The number of nitrogens with one attached hydrogen (secondary N) is 1. The molecule has 0 heterocycles. The minimum absolute atomic E-state index is 0.0233. The van der Waals surface area contributed by atoms with Crippen molar-refractivity contribution >= 4 is 33.5 Å². The van der Waals surface area contributed by atoms with Gasteiger partial charge in [-0.1, -0.05) is 28.1 Å². The molecule has 114 valence electrons. The summed E-state index contributed by atoms with van der Waals surface area (Å²) in [6.07, 6.45) is 0. The van der Waals surface area contributed by atoms with E-state index in [1.807, 2.05) is 13.0 Å². The summed E-state index contributed by atoms with van der Waals surface area (Å²) in [5.74, 6) is -1.38. The Balaban J connectivity index is 1.93. The van der Waals surface area contributed by atoms with Gasteiger partial charge in [0, 0.05) is 10.2 Å². The quantitative estimate of drug-likeness (QED) is 0.817. The summed E-state index contributed by atoms with van der Waals surface area (Å²) >= 11 is 3.34. The molecule has 2 rings (SSSR count). The van der Waals surface area contributed by atoms with Crippen LogP contribution >= 0.6 is 15.9 Å². The molecule has 0 fully saturated rings. The van der Waals surface area contributed by atoms with Crippen LogP contribution in [0.1, 0.15) is 15.9 Å². The number of phenols is 1. The molecule has 0 aromatic heterocycles. The maximum absolute atomic E-state index is 11.8. The highest BCUT2D eigenvalue weighted by Crippen LogP contribution is 2.20. The molecule has 22 heavy (non-hydrogen) atoms. The lowest BCUT2D eigenvalue weighted by Gasteiger charge is -2.09. The molecule has 0 atom stereocenters. The van der Waals surface area contributed by atoms with Gasteiger partial charge in [-0.25, -0.2) is 4.79 Å². The molecule has 0 aliphatic heterocycles. The Labute approximate surface area is 136 Å². The molecule has 0 aliphatic rings. The van der Waals surface area contributed by atoms with Crippen LogP contribution < -0.4 is 5.32 Å². The first-order chi connectivity index (χ1) is 10.5. The number of aromatic hydroxyl groups is 1. The van der Waals surface area contributed by atoms with Crippen LogP contribution in [0.25, 0.3) is 0 Å². The Bertz CT molecular complexity index is 715. The van der Waals surface area contributed by atoms with Crippen molar-refractivity contribution in [3.8, 4) is 5.75 Å². The maximum Gasteiger partial charge on any atom is 0.342 e. The van der Waals surface area contributed by atoms with E-state index in [1.165, 1.54) is 12.1 Å². The number of hydrogen-bond donors (Lipinski definition) is 2. The van der Waals surface area contributed by atoms with Gasteiger partial charge in [-0.15, -0.1) is 0 Å². The van der Waals surface area contributed by atoms with Crippen molar-refractivity contribution < 1.29 is 19.4 Å². The van der Waals surface area contributed by atoms with E-state index in [9.17, 15) is 14.7 Å². The van der Waals surface area contributed by atoms with Crippen molar-refractivity contribution in [2.24, 2.45) is 0 Å². The summed E-state index contributed by atoms with van der Waals surface area (Å²) in [5, 5.41) is 12.2. The summed E-state index contributed by atoms with van der Waals surface area (Å²) in [6.45, 7) is 1.43. The third-order valence-corrected chi connectivity index (χ3v) is 3.41. The van der Waals surface area contributed by atoms with Gasteiger partial charge in [0.25, 0.3) is 5.91 Å². The molecule has 0 radical (unpaired) electrons. The zero-order valence-corrected chi connectivity index (χ0v) is 13.4. The third kappa shape index (κ3) is 4.08. The van der Waals surface area contributed by atoms with Crippen LogP contribution in [0.3, 0.4) is 0 Å². The van der Waals surface area contributed by atoms with E-state index in [4.69, 9.17) is 4.74 Å². The summed E-state index contributed by atoms with van der Waals surface area (Å²) in [4.78, 5) is 23.6. The Morgan fingerprint density at radius 1 is 1.23 bits per heavy atom. The Morgan fingerprint density at radius 2 is 1.95 bits per heavy atom. The highest BCUT2D eigenvalue weighted by Gasteiger charge is 2.14. The van der Waals surface area contributed by atoms with Crippen LogP contribution in [0.15, 0.2) is 46.9 Å². The van der Waals surface area contributed by atoms with Crippen LogP contribution in [0.4, 0.5) is 5.69 Å². The number of esters is 1. The maximum atomic E-state index is 11.8. The zero-order valence-electron chi connectivity index (χ0n) is 11.8. The molecule has 2 aromatic carbocycles. The number of benzene rings is 2. The van der Waals surface area contributed by atoms with Crippen LogP contribution in [0.2, 0.25) is 0 Å². The molecule has 1 amide bonds. The summed E-state index contributed by atoms with van der Waals surface area (Å²) in [7, 11) is 0. The molecule has 0 unspecified atom stereocenters. The Hall–Kier alpha value is -2.34. The van der Waals surface area contributed by atoms with E-state index in [0.717, 1.165) is 10.0 Å². The molecule has 0 saturated carbocycles. The summed E-state index contributed by atoms with van der Waals surface area (Å²) in [6, 6.07) is 11.4. The van der Waals surface area contributed by atoms with Crippen molar-refractivity contribution in [1.82, 2.24) is 0 Å². The van der Waals surface area contributed by atoms with Gasteiger partial charge in [-0.05, 0) is 42.8 Å². The minimum atomic E-state index is -0.749. The average molecular weight is 364 g/mol. The predicted molar refractivity (Wildman–Crippen MR) is 85.9 cm³/mol. The number of phenolic OH excluding ortho intramolecular Hbond substituents is 1. The molecule has 0 bridgehead atoms. The van der Waals surface area contributed by atoms with E-state index in [-0.39, 0.29) is 11.3 Å². The van der Waals surface area contributed by atoms with Gasteiger partial charge in [-0.3, -0.25) is 4.79 Å². The van der Waals surface area contributed by atoms with E-state index >= 15 is 0 Å². The lowest BCUT2D eigenvalue weighted by Crippen LogP contribution is -2.21. The second kappa shape index (κ2) is 7.09. The van der Waals surface area contributed by atoms with Crippen LogP contribution in [-0.4, -0.2) is 23.6 Å². The van der Waals surface area contributed by atoms with Gasteiger partial charge >= 0.3 is 5.97 Å². The summed E-state index contributed by atoms with van der Waals surface area (Å²) in [5.41, 5.74) is 1.55. The van der Waals surface area contributed by atoms with E-state index in [0.29, 0.717) is 5.69 Å². The van der Waals surface area contributed by atoms with Crippen molar-refractivity contribution in [2.75, 3.05) is 11.9 Å². The number of carbonyl (C=O) groups excluding carboxylic acids is 2. The van der Waals surface area contributed by atoms with Crippen molar-refractivity contribution in [2.45, 2.75) is 6.92 Å². The monoisotopic (exact) mass is 363 g/mol. The Kier molecular flexibility index (Phi) is 5.16. The number of rotatable bonds is 4. The van der Waals surface area contributed by atoms with Gasteiger partial charge in [0.15, 0.2) is 6.61 Å². The Morgan fingerprint density at radius 3 is 2.64 bits per heavy atom. The number of hydrogen-bond acceptors (Lipinski definition) is 4. The van der Waals surface area contributed by atoms with E-state index in [1.54, 1.807) is 24.3 Å². The SMILES string of the molecule is Cc1cc(Br)ccc1NC(=O)COC(=O)c1ccccc1O. The van der Waals surface area contributed by atoms with Gasteiger partial charge < -0.3 is 15.2 Å². The van der Waals surface area contributed by atoms with Crippen molar-refractivity contribution in [3.63, 3.8) is 0 Å². The third-order valence-electron chi connectivity index (χ3n) is 2.92. The second-order valence-electron chi connectivity index (χ2n) is 4.60. The molecule has 0 saturated heterocycles. The first-order valence-corrected chi connectivity index (χ1v) is 7.28. The molecular formula is C16H14BrNO4. The van der Waals surface area contributed by atoms with Gasteiger partial charge in [-0.2, -0.15) is 0 Å². The smallest absolute Gasteiger partial charge is 0.342 e. The lowest BCUT2D eigenvalue weighted by molar-refractivity contribution is -0.119. The highest BCUT2D eigenvalue weighted by molar-refractivity contribution is 9.10. The fraction of sp³-hybridized carbons (Fsp3) is 0.125. The zero-order chi connectivity index (χ0) is 16.1. The number of ether oxygens (including phenoxy) is 1. The largest absolute Gasteiger partial charge is 0.507 e. The van der Waals surface area contributed by atoms with Gasteiger partial charge in [0.2, 0.25) is 0 Å². The number of aryl methyl sites for hydroxylation is 1. The molecule has 2 N–H and O–H groups in total. The van der Waals surface area contributed by atoms with E-state index < -0.39 is 18.5 Å². The molecule has 5 nitrogen and oxygen atoms in total. The number of halogens is 1. The molecule has 2 aromatic rings. The number of carbonyl (C=O) groups is 2. The minimum Gasteiger partial charge on any atom is -0.507 e. The molecule has 0 spiro atoms. The molecule has 0 aliphatic carbocycles. The fourth-order valence-electron chi connectivity index (χ4n) is 1.81. The van der Waals surface area contributed by atoms with E-state index in [2.05, 4.69) is 21.2 Å². The lowest BCUT2D eigenvalue weighted by atomic mass is 10.2. The highest BCUT2D eigenvalue weighted by atomic mass is 79.9. The number of amides is 1. The molecule has 6 heteroatoms. The van der Waals surface area contributed by atoms with Crippen LogP contribution in [0, 0.1) is 6.92 Å². The number of anilines is 1. The van der Waals surface area contributed by atoms with Gasteiger partial charge in [0.05, 0.1) is 0 Å². The van der Waals surface area contributed by atoms with Gasteiger partial charge in [0.1, 0.15) is 11.3 Å². The van der Waals surface area contributed by atoms with Crippen LogP contribution in [0.5, 0.6) is 5.75 Å². The topological polar surface area (TPSA) is 75.6 Å². The second-order valence-corrected chi connectivity index (χ2v) is 5.52. The standard InChI is InChI=1S/C16H14BrNO4/c1-10-8-11(17)6-7-13(10)18-15(20)9-22-16(21)12-4-2-3-5-14(12)19/h2-8,19H,9H2,1H3,(H,18,20). The van der Waals surface area contributed by atoms with Crippen molar-refractivity contribution in [3.05, 3.63) is 58.1 Å².